The minimum Gasteiger partial charge on any atom is -0.463 e. The number of pyridine rings is 1. The molecule has 1 N–H and O–H groups in total. The minimum atomic E-state index is -4.17. The second-order valence-corrected chi connectivity index (χ2v) is 7.53. The minimum absolute atomic E-state index is 0.274. The second kappa shape index (κ2) is 10.1. The Morgan fingerprint density at radius 2 is 1.69 bits per heavy atom. The molecule has 0 aliphatic carbocycles. The Balaban J connectivity index is 1.65. The Morgan fingerprint density at radius 1 is 0.972 bits per heavy atom. The van der Waals surface area contributed by atoms with Crippen LogP contribution in [0.5, 0.6) is 5.75 Å². The molecule has 2 aromatic carbocycles. The van der Waals surface area contributed by atoms with E-state index in [2.05, 4.69) is 32.4 Å². The summed E-state index contributed by atoms with van der Waals surface area (Å²) in [7, 11) is 0. The van der Waals surface area contributed by atoms with E-state index in [1.807, 2.05) is 0 Å². The molecule has 12 heteroatoms. The number of alkyl halides is 3. The van der Waals surface area contributed by atoms with Gasteiger partial charge in [0.15, 0.2) is 5.60 Å². The van der Waals surface area contributed by atoms with Crippen molar-refractivity contribution in [1.82, 2.24) is 25.2 Å². The van der Waals surface area contributed by atoms with Gasteiger partial charge in [0.2, 0.25) is 6.86 Å². The first-order chi connectivity index (χ1) is 17.2. The summed E-state index contributed by atoms with van der Waals surface area (Å²) in [6.45, 7) is -1.92. The van der Waals surface area contributed by atoms with E-state index in [9.17, 15) is 18.3 Å². The molecular formula is C24H16F5N5O2. The number of hydrogen-bond acceptors (Lipinski definition) is 6. The van der Waals surface area contributed by atoms with E-state index in [1.54, 1.807) is 12.1 Å². The third-order valence-electron chi connectivity index (χ3n) is 5.19. The summed E-state index contributed by atoms with van der Waals surface area (Å²) in [4.78, 5) is 3.74. The smallest absolute Gasteiger partial charge is 0.323 e. The molecule has 36 heavy (non-hydrogen) atoms. The number of benzene rings is 2. The highest BCUT2D eigenvalue weighted by Crippen LogP contribution is 2.46. The van der Waals surface area contributed by atoms with Gasteiger partial charge in [-0.05, 0) is 59.0 Å². The Morgan fingerprint density at radius 3 is 2.31 bits per heavy atom. The average molecular weight is 501 g/mol. The van der Waals surface area contributed by atoms with Crippen LogP contribution in [0.1, 0.15) is 22.4 Å². The normalized spacial score (nSPS) is 12.9. The van der Waals surface area contributed by atoms with Gasteiger partial charge < -0.3 is 9.84 Å². The van der Waals surface area contributed by atoms with Crippen molar-refractivity contribution >= 4 is 0 Å². The maximum absolute atomic E-state index is 15.7. The SMILES string of the molecule is OC(Cn1cnnn1)(c1ccc(F)cc1F)C(F)(F)c1ccc(C#Cc2ccc(OCF)cc2)cn1. The van der Waals surface area contributed by atoms with Gasteiger partial charge in [-0.3, -0.25) is 4.98 Å². The van der Waals surface area contributed by atoms with Crippen LogP contribution in [0.4, 0.5) is 22.0 Å². The number of aromatic nitrogens is 5. The summed E-state index contributed by atoms with van der Waals surface area (Å²) in [6, 6.07) is 10.3. The van der Waals surface area contributed by atoms with Crippen molar-refractivity contribution in [3.63, 3.8) is 0 Å². The molecule has 2 heterocycles. The molecule has 2 aromatic heterocycles. The standard InChI is InChI=1S/C24H16F5N5O2/c25-14-36-19-7-3-16(4-8-19)1-2-17-5-10-22(30-12-17)24(28,29)23(35,13-34-15-31-32-33-34)20-9-6-18(26)11-21(20)27/h3-12,15,35H,13-14H2. The van der Waals surface area contributed by atoms with Crippen molar-refractivity contribution in [2.45, 2.75) is 18.1 Å². The summed E-state index contributed by atoms with van der Waals surface area (Å²) in [5, 5.41) is 21.3. The molecule has 184 valence electrons. The average Bonchev–Trinajstić information content (AvgIpc) is 3.36. The summed E-state index contributed by atoms with van der Waals surface area (Å²) < 4.78 is 77.1. The Labute approximate surface area is 201 Å². The largest absolute Gasteiger partial charge is 0.463 e. The van der Waals surface area contributed by atoms with Crippen LogP contribution in [0.15, 0.2) is 67.1 Å². The van der Waals surface area contributed by atoms with Gasteiger partial charge in [0.1, 0.15) is 29.4 Å². The lowest BCUT2D eigenvalue weighted by atomic mass is 9.84. The van der Waals surface area contributed by atoms with Gasteiger partial charge in [0, 0.05) is 29.0 Å². The summed E-state index contributed by atoms with van der Waals surface area (Å²) in [5.41, 5.74) is -4.16. The maximum Gasteiger partial charge on any atom is 0.323 e. The van der Waals surface area contributed by atoms with E-state index in [-0.39, 0.29) is 5.56 Å². The van der Waals surface area contributed by atoms with Gasteiger partial charge in [-0.25, -0.2) is 17.9 Å². The quantitative estimate of drug-likeness (QED) is 0.307. The molecule has 0 radical (unpaired) electrons. The molecule has 0 aliphatic heterocycles. The fourth-order valence-corrected chi connectivity index (χ4v) is 3.37. The number of aliphatic hydroxyl groups is 1. The molecule has 7 nitrogen and oxygen atoms in total. The summed E-state index contributed by atoms with van der Waals surface area (Å²) in [5.74, 6) is -0.686. The highest BCUT2D eigenvalue weighted by molar-refractivity contribution is 5.44. The molecule has 0 fully saturated rings. The molecule has 1 atom stereocenters. The third-order valence-corrected chi connectivity index (χ3v) is 5.19. The zero-order chi connectivity index (χ0) is 25.8. The Bertz CT molecular complexity index is 1390. The predicted octanol–water partition coefficient (Wildman–Crippen LogP) is 3.73. The molecule has 4 rings (SSSR count). The van der Waals surface area contributed by atoms with Gasteiger partial charge in [0.25, 0.3) is 0 Å². The highest BCUT2D eigenvalue weighted by Gasteiger charge is 2.57. The fourth-order valence-electron chi connectivity index (χ4n) is 3.37. The Kier molecular flexibility index (Phi) is 6.93. The van der Waals surface area contributed by atoms with Gasteiger partial charge >= 0.3 is 5.92 Å². The number of tetrazole rings is 1. The van der Waals surface area contributed by atoms with E-state index in [4.69, 9.17) is 4.74 Å². The van der Waals surface area contributed by atoms with Gasteiger partial charge in [-0.1, -0.05) is 11.8 Å². The van der Waals surface area contributed by atoms with E-state index in [0.717, 1.165) is 35.4 Å². The first kappa shape index (κ1) is 24.7. The van der Waals surface area contributed by atoms with Crippen LogP contribution >= 0.6 is 0 Å². The van der Waals surface area contributed by atoms with Crippen molar-refractivity contribution in [2.75, 3.05) is 6.86 Å². The van der Waals surface area contributed by atoms with Crippen LogP contribution in [0.3, 0.4) is 0 Å². The van der Waals surface area contributed by atoms with Crippen molar-refractivity contribution in [2.24, 2.45) is 0 Å². The topological polar surface area (TPSA) is 86.0 Å². The lowest BCUT2D eigenvalue weighted by Crippen LogP contribution is -2.48. The predicted molar refractivity (Wildman–Crippen MR) is 115 cm³/mol. The zero-order valence-electron chi connectivity index (χ0n) is 18.2. The molecule has 0 bridgehead atoms. The third kappa shape index (κ3) is 5.01. The summed E-state index contributed by atoms with van der Waals surface area (Å²) in [6.07, 6.45) is 2.03. The number of ether oxygens (including phenoxy) is 1. The molecule has 0 amide bonds. The van der Waals surface area contributed by atoms with E-state index >= 15 is 8.78 Å². The summed E-state index contributed by atoms with van der Waals surface area (Å²) >= 11 is 0. The van der Waals surface area contributed by atoms with Gasteiger partial charge in [-0.2, -0.15) is 8.78 Å². The fraction of sp³-hybridized carbons (Fsp3) is 0.167. The highest BCUT2D eigenvalue weighted by atomic mass is 19.3. The molecule has 0 aliphatic rings. The van der Waals surface area contributed by atoms with Crippen LogP contribution < -0.4 is 4.74 Å². The molecule has 0 saturated carbocycles. The van der Waals surface area contributed by atoms with Crippen LogP contribution in [0, 0.1) is 23.5 Å². The lowest BCUT2D eigenvalue weighted by Gasteiger charge is -2.35. The van der Waals surface area contributed by atoms with E-state index in [1.165, 1.54) is 18.2 Å². The van der Waals surface area contributed by atoms with Gasteiger partial charge in [-0.15, -0.1) is 5.10 Å². The number of hydrogen-bond donors (Lipinski definition) is 1. The first-order valence-corrected chi connectivity index (χ1v) is 10.3. The number of halogens is 5. The zero-order valence-corrected chi connectivity index (χ0v) is 18.2. The van der Waals surface area contributed by atoms with Crippen LogP contribution in [0.25, 0.3) is 0 Å². The molecule has 0 spiro atoms. The van der Waals surface area contributed by atoms with Crippen molar-refractivity contribution in [1.29, 1.82) is 0 Å². The van der Waals surface area contributed by atoms with Crippen molar-refractivity contribution < 1.29 is 31.8 Å². The number of rotatable bonds is 7. The van der Waals surface area contributed by atoms with Crippen LogP contribution in [0.2, 0.25) is 0 Å². The number of nitrogens with zero attached hydrogens (tertiary/aromatic N) is 5. The molecule has 4 aromatic rings. The first-order valence-electron chi connectivity index (χ1n) is 10.3. The second-order valence-electron chi connectivity index (χ2n) is 7.53. The van der Waals surface area contributed by atoms with Crippen molar-refractivity contribution in [3.05, 3.63) is 101 Å². The van der Waals surface area contributed by atoms with Gasteiger partial charge in [0.05, 0.1) is 6.54 Å². The molecule has 0 saturated heterocycles. The van der Waals surface area contributed by atoms with E-state index in [0.29, 0.717) is 17.4 Å². The Hall–Kier alpha value is -4.37. The molecule has 1 unspecified atom stereocenters. The molecular weight excluding hydrogens is 485 g/mol. The van der Waals surface area contributed by atoms with Crippen molar-refractivity contribution in [3.8, 4) is 17.6 Å². The van der Waals surface area contributed by atoms with Crippen LogP contribution in [-0.2, 0) is 18.1 Å². The van der Waals surface area contributed by atoms with Crippen LogP contribution in [-0.4, -0.2) is 37.2 Å². The van der Waals surface area contributed by atoms with E-state index < -0.39 is 47.8 Å². The maximum atomic E-state index is 15.7. The lowest BCUT2D eigenvalue weighted by molar-refractivity contribution is -0.207. The monoisotopic (exact) mass is 501 g/mol.